The Morgan fingerprint density at radius 3 is 2.94 bits per heavy atom. The van der Waals surface area contributed by atoms with E-state index in [1.54, 1.807) is 18.9 Å². The van der Waals surface area contributed by atoms with Gasteiger partial charge in [0.1, 0.15) is 5.56 Å². The van der Waals surface area contributed by atoms with Gasteiger partial charge in [-0.1, -0.05) is 0 Å². The van der Waals surface area contributed by atoms with Gasteiger partial charge in [-0.2, -0.15) is 5.10 Å². The Hall–Kier alpha value is -1.56. The van der Waals surface area contributed by atoms with Crippen LogP contribution in [0.25, 0.3) is 0 Å². The molecule has 16 heavy (non-hydrogen) atoms. The first-order chi connectivity index (χ1) is 7.61. The minimum absolute atomic E-state index is 0.0979. The number of ether oxygens (including phenoxy) is 1. The van der Waals surface area contributed by atoms with E-state index >= 15 is 0 Å². The molecule has 1 aromatic heterocycles. The van der Waals surface area contributed by atoms with Crippen molar-refractivity contribution >= 4 is 11.7 Å². The quantitative estimate of drug-likeness (QED) is 0.749. The van der Waals surface area contributed by atoms with Gasteiger partial charge in [0.25, 0.3) is 5.91 Å². The number of hydrogen-bond acceptors (Lipinski definition) is 4. The number of nitrogens with zero attached hydrogens (tertiary/aromatic N) is 2. The van der Waals surface area contributed by atoms with Crippen molar-refractivity contribution in [2.75, 3.05) is 26.0 Å². The first kappa shape index (κ1) is 10.9. The molecule has 6 heteroatoms. The van der Waals surface area contributed by atoms with Crippen LogP contribution in [0.3, 0.4) is 0 Å². The van der Waals surface area contributed by atoms with Crippen LogP contribution in [0.1, 0.15) is 22.5 Å². The Labute approximate surface area is 93.8 Å². The summed E-state index contributed by atoms with van der Waals surface area (Å²) in [7, 11) is 1.77. The van der Waals surface area contributed by atoms with E-state index in [9.17, 15) is 4.79 Å². The van der Waals surface area contributed by atoms with Crippen LogP contribution < -0.4 is 5.73 Å². The van der Waals surface area contributed by atoms with E-state index in [0.717, 1.165) is 6.42 Å². The average molecular weight is 224 g/mol. The maximum atomic E-state index is 12.2. The molecule has 1 amide bonds. The third kappa shape index (κ3) is 1.76. The van der Waals surface area contributed by atoms with E-state index in [1.807, 2.05) is 0 Å². The predicted octanol–water partition coefficient (Wildman–Crippen LogP) is 0.161. The smallest absolute Gasteiger partial charge is 0.259 e. The summed E-state index contributed by atoms with van der Waals surface area (Å²) in [6.07, 6.45) is 0.874. The molecule has 1 fully saturated rings. The third-order valence-corrected chi connectivity index (χ3v) is 2.96. The highest BCUT2D eigenvalue weighted by Gasteiger charge is 2.27. The largest absolute Gasteiger partial charge is 0.382 e. The van der Waals surface area contributed by atoms with Crippen LogP contribution in [0, 0.1) is 6.92 Å². The molecule has 0 bridgehead atoms. The van der Waals surface area contributed by atoms with Crippen LogP contribution >= 0.6 is 0 Å². The van der Waals surface area contributed by atoms with Gasteiger partial charge in [0.15, 0.2) is 5.82 Å². The highest BCUT2D eigenvalue weighted by atomic mass is 16.5. The third-order valence-electron chi connectivity index (χ3n) is 2.96. The summed E-state index contributed by atoms with van der Waals surface area (Å²) in [6.45, 7) is 3.09. The van der Waals surface area contributed by atoms with Gasteiger partial charge in [-0.05, 0) is 13.3 Å². The van der Waals surface area contributed by atoms with E-state index in [1.165, 1.54) is 0 Å². The SMILES string of the molecule is Cc1[nH]nc(N)c1C(=O)N(C)C1CCOC1. The molecular formula is C10H16N4O2. The summed E-state index contributed by atoms with van der Waals surface area (Å²) in [5.41, 5.74) is 6.83. The molecule has 2 heterocycles. The molecule has 6 nitrogen and oxygen atoms in total. The van der Waals surface area contributed by atoms with Crippen LogP contribution in [0.5, 0.6) is 0 Å². The molecule has 1 aromatic rings. The second-order valence-electron chi connectivity index (χ2n) is 4.04. The summed E-state index contributed by atoms with van der Waals surface area (Å²) in [5.74, 6) is 0.160. The van der Waals surface area contributed by atoms with E-state index in [4.69, 9.17) is 10.5 Å². The number of nitrogens with one attached hydrogen (secondary N) is 1. The molecule has 0 saturated carbocycles. The maximum Gasteiger partial charge on any atom is 0.259 e. The lowest BCUT2D eigenvalue weighted by Gasteiger charge is -2.23. The van der Waals surface area contributed by atoms with Crippen LogP contribution in [0.2, 0.25) is 0 Å². The van der Waals surface area contributed by atoms with Crippen molar-refractivity contribution in [1.29, 1.82) is 0 Å². The number of H-pyrrole nitrogens is 1. The van der Waals surface area contributed by atoms with Crippen LogP contribution in [-0.2, 0) is 4.74 Å². The number of carbonyl (C=O) groups is 1. The molecule has 1 aliphatic rings. The summed E-state index contributed by atoms with van der Waals surface area (Å²) >= 11 is 0. The Balaban J connectivity index is 2.18. The van der Waals surface area contributed by atoms with Gasteiger partial charge in [-0.3, -0.25) is 9.89 Å². The lowest BCUT2D eigenvalue weighted by Crippen LogP contribution is -2.37. The number of anilines is 1. The predicted molar refractivity (Wildman–Crippen MR) is 59.1 cm³/mol. The Morgan fingerprint density at radius 2 is 2.44 bits per heavy atom. The molecule has 2 rings (SSSR count). The minimum atomic E-state index is -0.0979. The number of aromatic nitrogens is 2. The van der Waals surface area contributed by atoms with Crippen molar-refractivity contribution in [1.82, 2.24) is 15.1 Å². The number of hydrogen-bond donors (Lipinski definition) is 2. The maximum absolute atomic E-state index is 12.2. The van der Waals surface area contributed by atoms with Crippen molar-refractivity contribution in [3.63, 3.8) is 0 Å². The van der Waals surface area contributed by atoms with E-state index < -0.39 is 0 Å². The summed E-state index contributed by atoms with van der Waals surface area (Å²) < 4.78 is 5.26. The highest BCUT2D eigenvalue weighted by Crippen LogP contribution is 2.18. The topological polar surface area (TPSA) is 84.2 Å². The molecule has 1 aliphatic heterocycles. The van der Waals surface area contributed by atoms with Gasteiger partial charge in [0.05, 0.1) is 12.6 Å². The zero-order valence-electron chi connectivity index (χ0n) is 9.49. The molecule has 0 spiro atoms. The average Bonchev–Trinajstić information content (AvgIpc) is 2.87. The second kappa shape index (κ2) is 4.13. The molecule has 0 radical (unpaired) electrons. The highest BCUT2D eigenvalue weighted by molar-refractivity contribution is 5.99. The number of nitrogen functional groups attached to an aromatic ring is 1. The van der Waals surface area contributed by atoms with Gasteiger partial charge in [0.2, 0.25) is 0 Å². The van der Waals surface area contributed by atoms with E-state index in [-0.39, 0.29) is 17.8 Å². The van der Waals surface area contributed by atoms with Gasteiger partial charge in [0, 0.05) is 19.3 Å². The molecule has 0 aromatic carbocycles. The molecule has 0 aliphatic carbocycles. The number of amides is 1. The number of likely N-dealkylation sites (N-methyl/N-ethyl adjacent to an activating group) is 1. The summed E-state index contributed by atoms with van der Waals surface area (Å²) in [4.78, 5) is 13.8. The number of aryl methyl sites for hydroxylation is 1. The number of rotatable bonds is 2. The lowest BCUT2D eigenvalue weighted by atomic mass is 10.1. The number of aromatic amines is 1. The molecule has 1 unspecified atom stereocenters. The van der Waals surface area contributed by atoms with E-state index in [0.29, 0.717) is 24.5 Å². The van der Waals surface area contributed by atoms with Crippen molar-refractivity contribution < 1.29 is 9.53 Å². The van der Waals surface area contributed by atoms with Crippen molar-refractivity contribution in [2.45, 2.75) is 19.4 Å². The van der Waals surface area contributed by atoms with Crippen molar-refractivity contribution in [3.8, 4) is 0 Å². The Bertz CT molecular complexity index is 376. The fourth-order valence-corrected chi connectivity index (χ4v) is 1.89. The number of carbonyl (C=O) groups excluding carboxylic acids is 1. The van der Waals surface area contributed by atoms with Crippen molar-refractivity contribution in [2.24, 2.45) is 0 Å². The molecule has 3 N–H and O–H groups in total. The monoisotopic (exact) mass is 224 g/mol. The van der Waals surface area contributed by atoms with Crippen LogP contribution in [0.15, 0.2) is 0 Å². The van der Waals surface area contributed by atoms with Crippen LogP contribution in [-0.4, -0.2) is 47.3 Å². The van der Waals surface area contributed by atoms with Gasteiger partial charge in [-0.15, -0.1) is 0 Å². The van der Waals surface area contributed by atoms with Gasteiger partial charge in [-0.25, -0.2) is 0 Å². The molecule has 88 valence electrons. The lowest BCUT2D eigenvalue weighted by molar-refractivity contribution is 0.0711. The summed E-state index contributed by atoms with van der Waals surface area (Å²) in [6, 6.07) is 0.140. The zero-order valence-corrected chi connectivity index (χ0v) is 9.49. The fourth-order valence-electron chi connectivity index (χ4n) is 1.89. The zero-order chi connectivity index (χ0) is 11.7. The Morgan fingerprint density at radius 1 is 1.69 bits per heavy atom. The standard InChI is InChI=1S/C10H16N4O2/c1-6-8(9(11)13-12-6)10(15)14(2)7-3-4-16-5-7/h7H,3-5H2,1-2H3,(H3,11,12,13). The fraction of sp³-hybridized carbons (Fsp3) is 0.600. The van der Waals surface area contributed by atoms with Crippen LogP contribution in [0.4, 0.5) is 5.82 Å². The minimum Gasteiger partial charge on any atom is -0.382 e. The Kier molecular flexibility index (Phi) is 2.82. The van der Waals surface area contributed by atoms with Crippen molar-refractivity contribution in [3.05, 3.63) is 11.3 Å². The molecule has 1 saturated heterocycles. The number of nitrogens with two attached hydrogens (primary N) is 1. The molecule has 1 atom stereocenters. The van der Waals surface area contributed by atoms with E-state index in [2.05, 4.69) is 10.2 Å². The normalized spacial score (nSPS) is 20.0. The van der Waals surface area contributed by atoms with Gasteiger partial charge >= 0.3 is 0 Å². The first-order valence-corrected chi connectivity index (χ1v) is 5.26. The first-order valence-electron chi connectivity index (χ1n) is 5.26. The van der Waals surface area contributed by atoms with Gasteiger partial charge < -0.3 is 15.4 Å². The molecular weight excluding hydrogens is 208 g/mol. The second-order valence-corrected chi connectivity index (χ2v) is 4.04. The summed E-state index contributed by atoms with van der Waals surface area (Å²) in [5, 5.41) is 6.53.